The molecule has 1 unspecified atom stereocenters. The molecule has 0 spiro atoms. The molecular weight excluding hydrogens is 200 g/mol. The quantitative estimate of drug-likeness (QED) is 0.792. The zero-order valence-electron chi connectivity index (χ0n) is 10.1. The van der Waals surface area contributed by atoms with Crippen molar-refractivity contribution in [2.45, 2.75) is 25.9 Å². The molecule has 2 N–H and O–H groups in total. The van der Waals surface area contributed by atoms with E-state index in [4.69, 9.17) is 10.5 Å². The first-order valence-corrected chi connectivity index (χ1v) is 5.87. The molecule has 1 atom stereocenters. The summed E-state index contributed by atoms with van der Waals surface area (Å²) < 4.78 is 5.33. The van der Waals surface area contributed by atoms with Gasteiger partial charge in [0.25, 0.3) is 0 Å². The molecule has 1 aliphatic rings. The number of nitrogens with two attached hydrogens (primary N) is 1. The molecule has 0 bridgehead atoms. The molecule has 0 radical (unpaired) electrons. The van der Waals surface area contributed by atoms with Crippen LogP contribution in [0.15, 0.2) is 18.2 Å². The number of benzene rings is 1. The number of rotatable bonds is 3. The second-order valence-corrected chi connectivity index (χ2v) is 4.48. The van der Waals surface area contributed by atoms with E-state index in [1.54, 1.807) is 7.11 Å². The molecule has 0 aliphatic carbocycles. The van der Waals surface area contributed by atoms with Crippen molar-refractivity contribution in [3.63, 3.8) is 0 Å². The molecule has 1 aromatic rings. The minimum Gasteiger partial charge on any atom is -0.399 e. The Morgan fingerprint density at radius 3 is 3.06 bits per heavy atom. The molecule has 1 aliphatic heterocycles. The van der Waals surface area contributed by atoms with Gasteiger partial charge in [-0.25, -0.2) is 0 Å². The molecule has 1 aromatic carbocycles. The van der Waals surface area contributed by atoms with E-state index in [1.807, 2.05) is 6.07 Å². The Bertz CT molecular complexity index is 365. The van der Waals surface area contributed by atoms with Gasteiger partial charge in [-0.05, 0) is 37.5 Å². The lowest BCUT2D eigenvalue weighted by atomic mass is 10.0. The van der Waals surface area contributed by atoms with Gasteiger partial charge in [0.1, 0.15) is 0 Å². The SMILES string of the molecule is COC(C)CN1CCCc2ccc(N)cc21. The van der Waals surface area contributed by atoms with Crippen molar-refractivity contribution in [3.05, 3.63) is 23.8 Å². The lowest BCUT2D eigenvalue weighted by Crippen LogP contribution is -2.35. The number of nitrogen functional groups attached to an aromatic ring is 1. The molecule has 0 saturated carbocycles. The maximum absolute atomic E-state index is 5.85. The first-order chi connectivity index (χ1) is 7.70. The average molecular weight is 220 g/mol. The first kappa shape index (κ1) is 11.3. The number of hydrogen-bond acceptors (Lipinski definition) is 3. The average Bonchev–Trinajstić information content (AvgIpc) is 2.29. The van der Waals surface area contributed by atoms with Crippen LogP contribution in [0.3, 0.4) is 0 Å². The lowest BCUT2D eigenvalue weighted by Gasteiger charge is -2.33. The van der Waals surface area contributed by atoms with Gasteiger partial charge in [-0.3, -0.25) is 0 Å². The zero-order valence-corrected chi connectivity index (χ0v) is 10.1. The van der Waals surface area contributed by atoms with Crippen molar-refractivity contribution in [3.8, 4) is 0 Å². The van der Waals surface area contributed by atoms with E-state index < -0.39 is 0 Å². The van der Waals surface area contributed by atoms with Gasteiger partial charge in [0, 0.05) is 31.6 Å². The second kappa shape index (κ2) is 4.74. The van der Waals surface area contributed by atoms with Gasteiger partial charge >= 0.3 is 0 Å². The Morgan fingerprint density at radius 2 is 2.31 bits per heavy atom. The van der Waals surface area contributed by atoms with Crippen LogP contribution in [0.1, 0.15) is 18.9 Å². The molecule has 0 saturated heterocycles. The van der Waals surface area contributed by atoms with E-state index in [1.165, 1.54) is 17.7 Å². The molecular formula is C13H20N2O. The normalized spacial score (nSPS) is 17.0. The summed E-state index contributed by atoms with van der Waals surface area (Å²) in [4.78, 5) is 2.38. The van der Waals surface area contributed by atoms with Gasteiger partial charge in [-0.2, -0.15) is 0 Å². The third kappa shape index (κ3) is 2.30. The topological polar surface area (TPSA) is 38.5 Å². The Labute approximate surface area is 97.2 Å². The maximum atomic E-state index is 5.85. The summed E-state index contributed by atoms with van der Waals surface area (Å²) in [5.41, 5.74) is 9.39. The Morgan fingerprint density at radius 1 is 1.50 bits per heavy atom. The van der Waals surface area contributed by atoms with Crippen LogP contribution >= 0.6 is 0 Å². The molecule has 0 fully saturated rings. The number of anilines is 2. The number of ether oxygens (including phenoxy) is 1. The van der Waals surface area contributed by atoms with Crippen LogP contribution in [0, 0.1) is 0 Å². The first-order valence-electron chi connectivity index (χ1n) is 5.87. The summed E-state index contributed by atoms with van der Waals surface area (Å²) in [5, 5.41) is 0. The number of aryl methyl sites for hydroxylation is 1. The predicted octanol–water partition coefficient (Wildman–Crippen LogP) is 2.06. The van der Waals surface area contributed by atoms with Crippen molar-refractivity contribution in [2.24, 2.45) is 0 Å². The summed E-state index contributed by atoms with van der Waals surface area (Å²) in [5.74, 6) is 0. The number of hydrogen-bond donors (Lipinski definition) is 1. The van der Waals surface area contributed by atoms with Gasteiger partial charge in [0.05, 0.1) is 6.10 Å². The van der Waals surface area contributed by atoms with Crippen LogP contribution in [0.4, 0.5) is 11.4 Å². The van der Waals surface area contributed by atoms with Gasteiger partial charge in [0.2, 0.25) is 0 Å². The molecule has 2 rings (SSSR count). The molecule has 3 heteroatoms. The fraction of sp³-hybridized carbons (Fsp3) is 0.538. The van der Waals surface area contributed by atoms with Crippen LogP contribution in [0.2, 0.25) is 0 Å². The van der Waals surface area contributed by atoms with Crippen LogP contribution in [-0.4, -0.2) is 26.3 Å². The molecule has 3 nitrogen and oxygen atoms in total. The largest absolute Gasteiger partial charge is 0.399 e. The van der Waals surface area contributed by atoms with Crippen LogP contribution < -0.4 is 10.6 Å². The zero-order chi connectivity index (χ0) is 11.5. The van der Waals surface area contributed by atoms with Crippen molar-refractivity contribution >= 4 is 11.4 Å². The molecule has 1 heterocycles. The van der Waals surface area contributed by atoms with Crippen molar-refractivity contribution in [2.75, 3.05) is 30.8 Å². The summed E-state index contributed by atoms with van der Waals surface area (Å²) in [7, 11) is 1.76. The molecule has 0 aromatic heterocycles. The Kier molecular flexibility index (Phi) is 3.34. The van der Waals surface area contributed by atoms with Crippen molar-refractivity contribution in [1.82, 2.24) is 0 Å². The maximum Gasteiger partial charge on any atom is 0.0718 e. The van der Waals surface area contributed by atoms with Crippen LogP contribution in [-0.2, 0) is 11.2 Å². The van der Waals surface area contributed by atoms with Crippen LogP contribution in [0.25, 0.3) is 0 Å². The number of fused-ring (bicyclic) bond motifs is 1. The highest BCUT2D eigenvalue weighted by atomic mass is 16.5. The molecule has 88 valence electrons. The van der Waals surface area contributed by atoms with E-state index in [-0.39, 0.29) is 6.10 Å². The summed E-state index contributed by atoms with van der Waals surface area (Å²) in [6.45, 7) is 4.14. The van der Waals surface area contributed by atoms with Gasteiger partial charge in [0.15, 0.2) is 0 Å². The van der Waals surface area contributed by atoms with E-state index >= 15 is 0 Å². The van der Waals surface area contributed by atoms with Gasteiger partial charge in [-0.1, -0.05) is 6.07 Å². The van der Waals surface area contributed by atoms with Crippen molar-refractivity contribution in [1.29, 1.82) is 0 Å². The van der Waals surface area contributed by atoms with E-state index in [2.05, 4.69) is 24.0 Å². The highest BCUT2D eigenvalue weighted by Gasteiger charge is 2.18. The van der Waals surface area contributed by atoms with Gasteiger partial charge in [-0.15, -0.1) is 0 Å². The third-order valence-corrected chi connectivity index (χ3v) is 3.20. The fourth-order valence-electron chi connectivity index (χ4n) is 2.24. The highest BCUT2D eigenvalue weighted by molar-refractivity contribution is 5.62. The summed E-state index contributed by atoms with van der Waals surface area (Å²) >= 11 is 0. The van der Waals surface area contributed by atoms with E-state index in [9.17, 15) is 0 Å². The van der Waals surface area contributed by atoms with Crippen molar-refractivity contribution < 1.29 is 4.74 Å². The molecule has 0 amide bonds. The number of nitrogens with zero attached hydrogens (tertiary/aromatic N) is 1. The summed E-state index contributed by atoms with van der Waals surface area (Å²) in [6, 6.07) is 6.22. The standard InChI is InChI=1S/C13H20N2O/c1-10(16-2)9-15-7-3-4-11-5-6-12(14)8-13(11)15/h5-6,8,10H,3-4,7,9,14H2,1-2H3. The number of methoxy groups -OCH3 is 1. The lowest BCUT2D eigenvalue weighted by molar-refractivity contribution is 0.123. The smallest absolute Gasteiger partial charge is 0.0718 e. The third-order valence-electron chi connectivity index (χ3n) is 3.20. The fourth-order valence-corrected chi connectivity index (χ4v) is 2.24. The highest BCUT2D eigenvalue weighted by Crippen LogP contribution is 2.29. The second-order valence-electron chi connectivity index (χ2n) is 4.48. The predicted molar refractivity (Wildman–Crippen MR) is 67.9 cm³/mol. The Balaban J connectivity index is 2.21. The minimum atomic E-state index is 0.257. The summed E-state index contributed by atoms with van der Waals surface area (Å²) in [6.07, 6.45) is 2.63. The monoisotopic (exact) mass is 220 g/mol. The minimum absolute atomic E-state index is 0.257. The van der Waals surface area contributed by atoms with E-state index in [0.717, 1.165) is 25.2 Å². The van der Waals surface area contributed by atoms with Crippen LogP contribution in [0.5, 0.6) is 0 Å². The Hall–Kier alpha value is -1.22. The molecule has 16 heavy (non-hydrogen) atoms. The van der Waals surface area contributed by atoms with Gasteiger partial charge < -0.3 is 15.4 Å². The van der Waals surface area contributed by atoms with E-state index in [0.29, 0.717) is 0 Å².